The number of amides is 2. The maximum absolute atomic E-state index is 12.5. The number of urea groups is 1. The molecule has 25 heavy (non-hydrogen) atoms. The fourth-order valence-electron chi connectivity index (χ4n) is 3.55. The van der Waals surface area contributed by atoms with Crippen LogP contribution in [0.1, 0.15) is 33.1 Å². The zero-order valence-corrected chi connectivity index (χ0v) is 15.7. The molecule has 0 saturated carbocycles. The first-order chi connectivity index (χ1) is 12.1. The topological polar surface area (TPSA) is 38.8 Å². The van der Waals surface area contributed by atoms with Gasteiger partial charge in [-0.3, -0.25) is 4.90 Å². The Morgan fingerprint density at radius 2 is 1.64 bits per heavy atom. The van der Waals surface area contributed by atoms with Gasteiger partial charge in [-0.15, -0.1) is 0 Å². The summed E-state index contributed by atoms with van der Waals surface area (Å²) in [5.74, 6) is 0.741. The third kappa shape index (κ3) is 5.11. The predicted molar refractivity (Wildman–Crippen MR) is 104 cm³/mol. The van der Waals surface area contributed by atoms with Crippen molar-refractivity contribution in [2.45, 2.75) is 33.1 Å². The molecule has 0 spiro atoms. The average Bonchev–Trinajstić information content (AvgIpc) is 3.15. The minimum atomic E-state index is 0.0254. The summed E-state index contributed by atoms with van der Waals surface area (Å²) < 4.78 is 0. The molecule has 0 aromatic heterocycles. The monoisotopic (exact) mass is 344 g/mol. The lowest BCUT2D eigenvalue weighted by Gasteiger charge is -2.35. The van der Waals surface area contributed by atoms with Crippen LogP contribution in [0.5, 0.6) is 0 Å². The summed E-state index contributed by atoms with van der Waals surface area (Å²) in [5.41, 5.74) is 2.14. The number of benzene rings is 1. The predicted octanol–water partition coefficient (Wildman–Crippen LogP) is 3.48. The SMILES string of the molecule is CC(C)CCN1CCN(C(=O)Nc2ccc(N3CCCC3)cc2)CC1. The quantitative estimate of drug-likeness (QED) is 0.889. The Morgan fingerprint density at radius 1 is 1.00 bits per heavy atom. The summed E-state index contributed by atoms with van der Waals surface area (Å²) in [4.78, 5) is 19.3. The van der Waals surface area contributed by atoms with Crippen LogP contribution in [0.2, 0.25) is 0 Å². The van der Waals surface area contributed by atoms with Crippen LogP contribution in [0.15, 0.2) is 24.3 Å². The number of hydrogen-bond donors (Lipinski definition) is 1. The van der Waals surface area contributed by atoms with Crippen molar-refractivity contribution in [2.75, 3.05) is 56.0 Å². The van der Waals surface area contributed by atoms with Crippen molar-refractivity contribution in [1.82, 2.24) is 9.80 Å². The molecule has 0 radical (unpaired) electrons. The maximum atomic E-state index is 12.5. The fraction of sp³-hybridized carbons (Fsp3) is 0.650. The molecule has 5 nitrogen and oxygen atoms in total. The third-order valence-corrected chi connectivity index (χ3v) is 5.27. The van der Waals surface area contributed by atoms with Gasteiger partial charge >= 0.3 is 6.03 Å². The van der Waals surface area contributed by atoms with E-state index in [2.05, 4.69) is 41.1 Å². The lowest BCUT2D eigenvalue weighted by atomic mass is 10.1. The standard InChI is InChI=1S/C20H32N4O/c1-17(2)9-12-22-13-15-24(16-14-22)20(25)21-18-5-7-19(8-6-18)23-10-3-4-11-23/h5-8,17H,3-4,9-16H2,1-2H3,(H,21,25). The Morgan fingerprint density at radius 3 is 2.24 bits per heavy atom. The normalized spacial score (nSPS) is 18.8. The second kappa shape index (κ2) is 8.56. The van der Waals surface area contributed by atoms with Crippen molar-refractivity contribution in [3.8, 4) is 0 Å². The molecule has 1 aromatic carbocycles. The zero-order valence-electron chi connectivity index (χ0n) is 15.7. The Hall–Kier alpha value is -1.75. The van der Waals surface area contributed by atoms with Gasteiger partial charge in [0.1, 0.15) is 0 Å². The molecule has 2 amide bonds. The van der Waals surface area contributed by atoms with Crippen molar-refractivity contribution in [3.63, 3.8) is 0 Å². The first-order valence-electron chi connectivity index (χ1n) is 9.75. The molecule has 0 atom stereocenters. The summed E-state index contributed by atoms with van der Waals surface area (Å²) in [6.45, 7) is 11.6. The minimum absolute atomic E-state index is 0.0254. The molecule has 3 rings (SSSR count). The van der Waals surface area contributed by atoms with Crippen molar-refractivity contribution in [1.29, 1.82) is 0 Å². The number of nitrogens with one attached hydrogen (secondary N) is 1. The van der Waals surface area contributed by atoms with E-state index in [1.807, 2.05) is 17.0 Å². The van der Waals surface area contributed by atoms with Gasteiger partial charge in [0, 0.05) is 50.6 Å². The molecule has 5 heteroatoms. The van der Waals surface area contributed by atoms with E-state index >= 15 is 0 Å². The van der Waals surface area contributed by atoms with Gasteiger partial charge in [-0.05, 0) is 56.0 Å². The molecule has 2 aliphatic heterocycles. The van der Waals surface area contributed by atoms with Crippen molar-refractivity contribution in [3.05, 3.63) is 24.3 Å². The molecule has 138 valence electrons. The number of carbonyl (C=O) groups is 1. The number of piperazine rings is 1. The van der Waals surface area contributed by atoms with E-state index in [0.717, 1.165) is 57.4 Å². The fourth-order valence-corrected chi connectivity index (χ4v) is 3.55. The van der Waals surface area contributed by atoms with E-state index in [9.17, 15) is 4.79 Å². The average molecular weight is 345 g/mol. The smallest absolute Gasteiger partial charge is 0.321 e. The molecular weight excluding hydrogens is 312 g/mol. The number of hydrogen-bond acceptors (Lipinski definition) is 3. The number of carbonyl (C=O) groups excluding carboxylic acids is 1. The van der Waals surface area contributed by atoms with Crippen LogP contribution in [-0.4, -0.2) is 61.6 Å². The van der Waals surface area contributed by atoms with Gasteiger partial charge in [-0.25, -0.2) is 4.79 Å². The van der Waals surface area contributed by atoms with Crippen LogP contribution >= 0.6 is 0 Å². The Kier molecular flexibility index (Phi) is 6.19. The second-order valence-corrected chi connectivity index (χ2v) is 7.68. The lowest BCUT2D eigenvalue weighted by Crippen LogP contribution is -2.50. The Balaban J connectivity index is 1.44. The van der Waals surface area contributed by atoms with Crippen molar-refractivity contribution >= 4 is 17.4 Å². The Bertz CT molecular complexity index is 543. The maximum Gasteiger partial charge on any atom is 0.321 e. The highest BCUT2D eigenvalue weighted by atomic mass is 16.2. The van der Waals surface area contributed by atoms with Gasteiger partial charge < -0.3 is 15.1 Å². The van der Waals surface area contributed by atoms with Gasteiger partial charge in [-0.1, -0.05) is 13.8 Å². The molecule has 1 aromatic rings. The molecule has 0 bridgehead atoms. The van der Waals surface area contributed by atoms with Crippen molar-refractivity contribution < 1.29 is 4.79 Å². The number of anilines is 2. The summed E-state index contributed by atoms with van der Waals surface area (Å²) in [7, 11) is 0. The van der Waals surface area contributed by atoms with Crippen LogP contribution in [-0.2, 0) is 0 Å². The molecule has 1 N–H and O–H groups in total. The molecule has 2 saturated heterocycles. The summed E-state index contributed by atoms with van der Waals surface area (Å²) in [6.07, 6.45) is 3.79. The lowest BCUT2D eigenvalue weighted by molar-refractivity contribution is 0.143. The zero-order chi connectivity index (χ0) is 17.6. The van der Waals surface area contributed by atoms with Gasteiger partial charge in [0.25, 0.3) is 0 Å². The van der Waals surface area contributed by atoms with E-state index in [1.165, 1.54) is 24.9 Å². The van der Waals surface area contributed by atoms with E-state index in [1.54, 1.807) is 0 Å². The first kappa shape index (κ1) is 18.1. The first-order valence-corrected chi connectivity index (χ1v) is 9.75. The summed E-state index contributed by atoms with van der Waals surface area (Å²) >= 11 is 0. The molecule has 0 unspecified atom stereocenters. The number of rotatable bonds is 5. The van der Waals surface area contributed by atoms with Gasteiger partial charge in [-0.2, -0.15) is 0 Å². The largest absolute Gasteiger partial charge is 0.372 e. The van der Waals surface area contributed by atoms with E-state index in [-0.39, 0.29) is 6.03 Å². The molecule has 2 heterocycles. The van der Waals surface area contributed by atoms with Crippen LogP contribution in [0.25, 0.3) is 0 Å². The minimum Gasteiger partial charge on any atom is -0.372 e. The molecule has 0 aliphatic carbocycles. The highest BCUT2D eigenvalue weighted by Gasteiger charge is 2.21. The van der Waals surface area contributed by atoms with E-state index in [4.69, 9.17) is 0 Å². The van der Waals surface area contributed by atoms with Gasteiger partial charge in [0.2, 0.25) is 0 Å². The van der Waals surface area contributed by atoms with Crippen LogP contribution < -0.4 is 10.2 Å². The van der Waals surface area contributed by atoms with Crippen LogP contribution in [0.3, 0.4) is 0 Å². The third-order valence-electron chi connectivity index (χ3n) is 5.27. The summed E-state index contributed by atoms with van der Waals surface area (Å²) in [5, 5.41) is 3.04. The highest BCUT2D eigenvalue weighted by molar-refractivity contribution is 5.89. The molecular formula is C20H32N4O. The van der Waals surface area contributed by atoms with E-state index in [0.29, 0.717) is 0 Å². The molecule has 2 fully saturated rings. The highest BCUT2D eigenvalue weighted by Crippen LogP contribution is 2.22. The molecule has 2 aliphatic rings. The Labute approximate surface area is 152 Å². The number of nitrogens with zero attached hydrogens (tertiary/aromatic N) is 3. The summed E-state index contributed by atoms with van der Waals surface area (Å²) in [6, 6.07) is 8.29. The van der Waals surface area contributed by atoms with Crippen molar-refractivity contribution in [2.24, 2.45) is 5.92 Å². The van der Waals surface area contributed by atoms with Crippen LogP contribution in [0.4, 0.5) is 16.2 Å². The second-order valence-electron chi connectivity index (χ2n) is 7.68. The van der Waals surface area contributed by atoms with Gasteiger partial charge in [0.05, 0.1) is 0 Å². The van der Waals surface area contributed by atoms with Gasteiger partial charge in [0.15, 0.2) is 0 Å². The van der Waals surface area contributed by atoms with Crippen LogP contribution in [0, 0.1) is 5.92 Å². The van der Waals surface area contributed by atoms with E-state index < -0.39 is 0 Å².